The second kappa shape index (κ2) is 2.76. The second-order valence-electron chi connectivity index (χ2n) is 2.93. The maximum absolute atomic E-state index is 3.97. The van der Waals surface area contributed by atoms with Crippen LogP contribution in [0.1, 0.15) is 14.0 Å². The Bertz CT molecular complexity index is 437. The van der Waals surface area contributed by atoms with Crippen LogP contribution in [-0.4, -0.2) is 4.98 Å². The Labute approximate surface area is 88.3 Å². The van der Waals surface area contributed by atoms with Crippen molar-refractivity contribution in [3.05, 3.63) is 40.0 Å². The Morgan fingerprint density at radius 3 is 3.08 bits per heavy atom. The van der Waals surface area contributed by atoms with Gasteiger partial charge in [-0.2, -0.15) is 0 Å². The van der Waals surface area contributed by atoms with E-state index in [-0.39, 0.29) is 2.85 Å². The normalized spacial score (nSPS) is 10.9. The molecular formula is C10H12IN. The van der Waals surface area contributed by atoms with E-state index in [9.17, 15) is 0 Å². The maximum Gasteiger partial charge on any atom is 0.0467 e. The molecular weight excluding hydrogens is 261 g/mol. The van der Waals surface area contributed by atoms with Crippen molar-refractivity contribution in [2.45, 2.75) is 6.92 Å². The Balaban J connectivity index is 0.000000845. The van der Waals surface area contributed by atoms with Gasteiger partial charge in [-0.05, 0) is 53.6 Å². The molecule has 0 spiro atoms. The fraction of sp³-hybridized carbons (Fsp3) is 0.100. The zero-order chi connectivity index (χ0) is 8.72. The molecule has 2 radical (unpaired) electrons. The zero-order valence-electron chi connectivity index (χ0n) is 7.82. The standard InChI is InChI=1S/C10H9IN.H2.H/c1-6-3-4-8-9(10(6)11)7(2)5-12-8;;/h3-5,12H,1H2,2H3;1H;. The molecule has 0 saturated carbocycles. The lowest BCUT2D eigenvalue weighted by Gasteiger charge is -1.99. The van der Waals surface area contributed by atoms with E-state index in [0.717, 1.165) is 5.56 Å². The van der Waals surface area contributed by atoms with Crippen LogP contribution >= 0.6 is 22.6 Å². The van der Waals surface area contributed by atoms with Gasteiger partial charge in [0.2, 0.25) is 0 Å². The van der Waals surface area contributed by atoms with Crippen LogP contribution < -0.4 is 0 Å². The fourth-order valence-electron chi connectivity index (χ4n) is 1.38. The summed E-state index contributed by atoms with van der Waals surface area (Å²) in [7, 11) is 0. The summed E-state index contributed by atoms with van der Waals surface area (Å²) in [6.45, 7) is 6.08. The van der Waals surface area contributed by atoms with Gasteiger partial charge in [-0.3, -0.25) is 0 Å². The fourth-order valence-corrected chi connectivity index (χ4v) is 2.28. The highest BCUT2D eigenvalue weighted by Gasteiger charge is 2.04. The van der Waals surface area contributed by atoms with Crippen molar-refractivity contribution < 1.29 is 2.85 Å². The predicted octanol–water partition coefficient (Wildman–Crippen LogP) is 3.62. The molecule has 2 heteroatoms. The molecule has 0 amide bonds. The smallest absolute Gasteiger partial charge is 0.0467 e. The predicted molar refractivity (Wildman–Crippen MR) is 63.4 cm³/mol. The Kier molecular flexibility index (Phi) is 1.87. The van der Waals surface area contributed by atoms with E-state index in [2.05, 4.69) is 47.5 Å². The average Bonchev–Trinajstić information content (AvgIpc) is 2.41. The SMILES string of the molecule is [CH2]c1ccc2[nH]cc(C)c2c1I.[HH].[H]. The van der Waals surface area contributed by atoms with E-state index < -0.39 is 0 Å². The topological polar surface area (TPSA) is 15.8 Å². The van der Waals surface area contributed by atoms with Gasteiger partial charge in [0.15, 0.2) is 0 Å². The summed E-state index contributed by atoms with van der Waals surface area (Å²) >= 11 is 2.34. The Morgan fingerprint density at radius 1 is 1.58 bits per heavy atom. The van der Waals surface area contributed by atoms with Gasteiger partial charge in [-0.25, -0.2) is 0 Å². The third-order valence-corrected chi connectivity index (χ3v) is 3.29. The van der Waals surface area contributed by atoms with Crippen LogP contribution in [0.25, 0.3) is 10.9 Å². The van der Waals surface area contributed by atoms with Crippen LogP contribution in [0.15, 0.2) is 18.3 Å². The lowest BCUT2D eigenvalue weighted by atomic mass is 10.1. The summed E-state index contributed by atoms with van der Waals surface area (Å²) in [5.41, 5.74) is 3.59. The third-order valence-electron chi connectivity index (χ3n) is 2.06. The molecule has 0 atom stereocenters. The second-order valence-corrected chi connectivity index (χ2v) is 4.01. The molecule has 0 unspecified atom stereocenters. The van der Waals surface area contributed by atoms with Crippen LogP contribution in [0.4, 0.5) is 0 Å². The van der Waals surface area contributed by atoms with Crippen LogP contribution in [0.3, 0.4) is 0 Å². The summed E-state index contributed by atoms with van der Waals surface area (Å²) in [5, 5.41) is 1.31. The van der Waals surface area contributed by atoms with E-state index in [1.165, 1.54) is 20.0 Å². The van der Waals surface area contributed by atoms with Gasteiger partial charge in [0.05, 0.1) is 0 Å². The third kappa shape index (κ3) is 1.05. The van der Waals surface area contributed by atoms with Crippen LogP contribution in [0.2, 0.25) is 0 Å². The number of fused-ring (bicyclic) bond motifs is 1. The van der Waals surface area contributed by atoms with Gasteiger partial charge in [-0.1, -0.05) is 6.07 Å². The molecule has 0 bridgehead atoms. The minimum absolute atomic E-state index is 0. The number of hydrogen-bond acceptors (Lipinski definition) is 0. The quantitative estimate of drug-likeness (QED) is 0.705. The van der Waals surface area contributed by atoms with E-state index in [0.29, 0.717) is 0 Å². The number of aromatic nitrogens is 1. The first-order valence-electron chi connectivity index (χ1n) is 3.78. The van der Waals surface area contributed by atoms with Crippen molar-refractivity contribution in [1.29, 1.82) is 0 Å². The molecule has 1 nitrogen and oxygen atoms in total. The van der Waals surface area contributed by atoms with E-state index in [4.69, 9.17) is 0 Å². The molecule has 2 aromatic rings. The van der Waals surface area contributed by atoms with E-state index in [1.54, 1.807) is 0 Å². The molecule has 64 valence electrons. The minimum atomic E-state index is 0. The number of H-pyrrole nitrogens is 1. The van der Waals surface area contributed by atoms with Gasteiger partial charge in [-0.15, -0.1) is 0 Å². The number of aryl methyl sites for hydroxylation is 1. The molecule has 1 N–H and O–H groups in total. The largest absolute Gasteiger partial charge is 0.361 e. The van der Waals surface area contributed by atoms with Crippen molar-refractivity contribution in [3.8, 4) is 0 Å². The summed E-state index contributed by atoms with van der Waals surface area (Å²) < 4.78 is 1.25. The van der Waals surface area contributed by atoms with Crippen molar-refractivity contribution >= 4 is 33.5 Å². The molecule has 0 saturated heterocycles. The first kappa shape index (κ1) is 8.10. The highest BCUT2D eigenvalue weighted by molar-refractivity contribution is 14.1. The van der Waals surface area contributed by atoms with Crippen molar-refractivity contribution in [2.24, 2.45) is 0 Å². The molecule has 0 aliphatic heterocycles. The molecule has 2 rings (SSSR count). The summed E-state index contributed by atoms with van der Waals surface area (Å²) in [6.07, 6.45) is 2.03. The number of nitrogens with one attached hydrogen (secondary N) is 1. The molecule has 12 heavy (non-hydrogen) atoms. The summed E-state index contributed by atoms with van der Waals surface area (Å²) in [5.74, 6) is 0. The first-order chi connectivity index (χ1) is 5.70. The molecule has 0 fully saturated rings. The minimum Gasteiger partial charge on any atom is -0.361 e. The van der Waals surface area contributed by atoms with E-state index in [1.807, 2.05) is 12.3 Å². The zero-order valence-corrected chi connectivity index (χ0v) is 8.97. The molecule has 0 aliphatic carbocycles. The lowest BCUT2D eigenvalue weighted by Crippen LogP contribution is -1.81. The number of halogens is 1. The summed E-state index contributed by atoms with van der Waals surface area (Å²) in [6, 6.07) is 4.12. The van der Waals surface area contributed by atoms with Crippen LogP contribution in [0.5, 0.6) is 0 Å². The van der Waals surface area contributed by atoms with Crippen molar-refractivity contribution in [1.82, 2.24) is 4.98 Å². The van der Waals surface area contributed by atoms with Gasteiger partial charge in [0, 0.05) is 23.5 Å². The van der Waals surface area contributed by atoms with Crippen LogP contribution in [0, 0.1) is 17.4 Å². The monoisotopic (exact) mass is 273 g/mol. The Hall–Kier alpha value is -0.510. The number of hydrogen-bond donors (Lipinski definition) is 1. The molecule has 1 aromatic heterocycles. The van der Waals surface area contributed by atoms with E-state index >= 15 is 0 Å². The van der Waals surface area contributed by atoms with Gasteiger partial charge in [0.1, 0.15) is 0 Å². The summed E-state index contributed by atoms with van der Waals surface area (Å²) in [4.78, 5) is 3.22. The average molecular weight is 273 g/mol. The number of aromatic amines is 1. The van der Waals surface area contributed by atoms with Gasteiger partial charge in [0.25, 0.3) is 0 Å². The number of rotatable bonds is 0. The van der Waals surface area contributed by atoms with Crippen LogP contribution in [-0.2, 0) is 0 Å². The molecule has 1 heterocycles. The molecule has 1 aromatic carbocycles. The highest BCUT2D eigenvalue weighted by atomic mass is 127. The first-order valence-corrected chi connectivity index (χ1v) is 4.86. The van der Waals surface area contributed by atoms with Crippen molar-refractivity contribution in [3.63, 3.8) is 0 Å². The maximum atomic E-state index is 3.97. The highest BCUT2D eigenvalue weighted by Crippen LogP contribution is 2.25. The lowest BCUT2D eigenvalue weighted by molar-refractivity contribution is 1.43. The van der Waals surface area contributed by atoms with Gasteiger partial charge < -0.3 is 4.98 Å². The van der Waals surface area contributed by atoms with Crippen molar-refractivity contribution in [2.75, 3.05) is 0 Å². The number of benzene rings is 1. The van der Waals surface area contributed by atoms with Gasteiger partial charge >= 0.3 is 0 Å². The Morgan fingerprint density at radius 2 is 2.33 bits per heavy atom. The molecule has 0 aliphatic rings.